The molecule has 34 heavy (non-hydrogen) atoms. The van der Waals surface area contributed by atoms with Gasteiger partial charge >= 0.3 is 0 Å². The minimum atomic E-state index is -0.238. The molecule has 5 nitrogen and oxygen atoms in total. The van der Waals surface area contributed by atoms with Gasteiger partial charge < -0.3 is 9.80 Å². The van der Waals surface area contributed by atoms with Crippen molar-refractivity contribution in [2.45, 2.75) is 40.0 Å². The average molecular weight is 461 g/mol. The van der Waals surface area contributed by atoms with Crippen LogP contribution in [0.3, 0.4) is 0 Å². The van der Waals surface area contributed by atoms with Crippen LogP contribution in [0.25, 0.3) is 11.4 Å². The molecule has 0 aliphatic carbocycles. The molecule has 1 aliphatic rings. The summed E-state index contributed by atoms with van der Waals surface area (Å²) in [5, 5.41) is 0. The summed E-state index contributed by atoms with van der Waals surface area (Å²) < 4.78 is 13.5. The van der Waals surface area contributed by atoms with Crippen LogP contribution in [0.1, 0.15) is 44.0 Å². The molecule has 2 heterocycles. The molecule has 0 atom stereocenters. The molecule has 1 fully saturated rings. The van der Waals surface area contributed by atoms with Gasteiger partial charge in [-0.3, -0.25) is 4.79 Å². The number of nitrogens with zero attached hydrogens (tertiary/aromatic N) is 4. The summed E-state index contributed by atoms with van der Waals surface area (Å²) in [6.45, 7) is 9.10. The summed E-state index contributed by atoms with van der Waals surface area (Å²) >= 11 is 0. The normalized spacial score (nSPS) is 14.0. The SMILES string of the molecule is CCc1nc(-c2ccccc2)nc(N2CCN(C(=O)CC(C)C)CC2)c1Cc1ccc(F)cc1. The lowest BCUT2D eigenvalue weighted by Gasteiger charge is -2.37. The Morgan fingerprint density at radius 2 is 1.65 bits per heavy atom. The summed E-state index contributed by atoms with van der Waals surface area (Å²) in [5.74, 6) is 1.98. The van der Waals surface area contributed by atoms with Crippen LogP contribution < -0.4 is 4.90 Å². The number of amides is 1. The Morgan fingerprint density at radius 3 is 2.26 bits per heavy atom. The monoisotopic (exact) mass is 460 g/mol. The number of aryl methyl sites for hydroxylation is 1. The maximum absolute atomic E-state index is 13.5. The van der Waals surface area contributed by atoms with Crippen molar-refractivity contribution in [1.29, 1.82) is 0 Å². The zero-order chi connectivity index (χ0) is 24.1. The number of rotatable bonds is 7. The lowest BCUT2D eigenvalue weighted by atomic mass is 10.0. The molecule has 1 aliphatic heterocycles. The van der Waals surface area contributed by atoms with Gasteiger partial charge in [0.05, 0.1) is 0 Å². The molecule has 3 aromatic rings. The minimum Gasteiger partial charge on any atom is -0.353 e. The average Bonchev–Trinajstić information content (AvgIpc) is 2.85. The van der Waals surface area contributed by atoms with Crippen molar-refractivity contribution in [1.82, 2.24) is 14.9 Å². The van der Waals surface area contributed by atoms with Crippen LogP contribution in [0.4, 0.5) is 10.2 Å². The van der Waals surface area contributed by atoms with Crippen LogP contribution >= 0.6 is 0 Å². The van der Waals surface area contributed by atoms with E-state index in [1.807, 2.05) is 47.4 Å². The second kappa shape index (κ2) is 10.8. The van der Waals surface area contributed by atoms with E-state index in [4.69, 9.17) is 9.97 Å². The van der Waals surface area contributed by atoms with Gasteiger partial charge in [-0.2, -0.15) is 0 Å². The first-order valence-corrected chi connectivity index (χ1v) is 12.2. The predicted molar refractivity (Wildman–Crippen MR) is 134 cm³/mol. The Bertz CT molecular complexity index is 1110. The Kier molecular flexibility index (Phi) is 7.56. The molecule has 1 amide bonds. The third-order valence-electron chi connectivity index (χ3n) is 6.25. The van der Waals surface area contributed by atoms with Gasteiger partial charge in [0.2, 0.25) is 5.91 Å². The molecule has 178 valence electrons. The number of piperazine rings is 1. The van der Waals surface area contributed by atoms with E-state index < -0.39 is 0 Å². The Hall–Kier alpha value is -3.28. The first kappa shape index (κ1) is 23.9. The fourth-order valence-corrected chi connectivity index (χ4v) is 4.42. The number of halogens is 1. The Morgan fingerprint density at radius 1 is 0.971 bits per heavy atom. The van der Waals surface area contributed by atoms with Crippen molar-refractivity contribution >= 4 is 11.7 Å². The van der Waals surface area contributed by atoms with Crippen molar-refractivity contribution < 1.29 is 9.18 Å². The van der Waals surface area contributed by atoms with E-state index in [0.717, 1.165) is 47.7 Å². The lowest BCUT2D eigenvalue weighted by Crippen LogP contribution is -2.49. The first-order valence-electron chi connectivity index (χ1n) is 12.2. The van der Waals surface area contributed by atoms with E-state index in [2.05, 4.69) is 25.7 Å². The van der Waals surface area contributed by atoms with Crippen molar-refractivity contribution in [3.8, 4) is 11.4 Å². The predicted octanol–water partition coefficient (Wildman–Crippen LogP) is 5.13. The van der Waals surface area contributed by atoms with Crippen molar-refractivity contribution in [3.05, 3.63) is 77.2 Å². The summed E-state index contributed by atoms with van der Waals surface area (Å²) in [7, 11) is 0. The third-order valence-corrected chi connectivity index (χ3v) is 6.25. The highest BCUT2D eigenvalue weighted by atomic mass is 19.1. The Labute approximate surface area is 201 Å². The van der Waals surface area contributed by atoms with E-state index >= 15 is 0 Å². The lowest BCUT2D eigenvalue weighted by molar-refractivity contribution is -0.132. The fraction of sp³-hybridized carbons (Fsp3) is 0.393. The van der Waals surface area contributed by atoms with Gasteiger partial charge in [-0.15, -0.1) is 0 Å². The molecule has 4 rings (SSSR count). The van der Waals surface area contributed by atoms with Crippen LogP contribution in [0, 0.1) is 11.7 Å². The standard InChI is InChI=1S/C28H33FN4O/c1-4-25-24(19-21-10-12-23(29)13-11-21)28(31-27(30-25)22-8-6-5-7-9-22)33-16-14-32(15-17-33)26(34)18-20(2)3/h5-13,20H,4,14-19H2,1-3H3. The van der Waals surface area contributed by atoms with Crippen molar-refractivity contribution in [2.75, 3.05) is 31.1 Å². The topological polar surface area (TPSA) is 49.3 Å². The van der Waals surface area contributed by atoms with Gasteiger partial charge in [-0.25, -0.2) is 14.4 Å². The maximum atomic E-state index is 13.5. The quantitative estimate of drug-likeness (QED) is 0.490. The van der Waals surface area contributed by atoms with Crippen molar-refractivity contribution in [3.63, 3.8) is 0 Å². The summed E-state index contributed by atoms with van der Waals surface area (Å²) in [5.41, 5.74) is 4.10. The van der Waals surface area contributed by atoms with E-state index in [-0.39, 0.29) is 11.7 Å². The van der Waals surface area contributed by atoms with Crippen LogP contribution in [-0.2, 0) is 17.6 Å². The van der Waals surface area contributed by atoms with E-state index in [1.54, 1.807) is 0 Å². The zero-order valence-corrected chi connectivity index (χ0v) is 20.3. The molecule has 0 saturated carbocycles. The molecule has 0 radical (unpaired) electrons. The highest BCUT2D eigenvalue weighted by Gasteiger charge is 2.26. The molecule has 0 bridgehead atoms. The Balaban J connectivity index is 1.68. The summed E-state index contributed by atoms with van der Waals surface area (Å²) in [6, 6.07) is 16.7. The number of carbonyl (C=O) groups excluding carboxylic acids is 1. The van der Waals surface area contributed by atoms with Gasteiger partial charge in [0, 0.05) is 55.8 Å². The van der Waals surface area contributed by atoms with Gasteiger partial charge in [0.15, 0.2) is 5.82 Å². The molecular weight excluding hydrogens is 427 g/mol. The maximum Gasteiger partial charge on any atom is 0.222 e. The van der Waals surface area contributed by atoms with E-state index in [0.29, 0.717) is 37.7 Å². The number of aromatic nitrogens is 2. The zero-order valence-electron chi connectivity index (χ0n) is 20.3. The highest BCUT2D eigenvalue weighted by molar-refractivity contribution is 5.76. The van der Waals surface area contributed by atoms with Gasteiger partial charge in [-0.05, 0) is 30.0 Å². The van der Waals surface area contributed by atoms with Gasteiger partial charge in [0.1, 0.15) is 11.6 Å². The van der Waals surface area contributed by atoms with Crippen LogP contribution in [0.5, 0.6) is 0 Å². The molecule has 6 heteroatoms. The van der Waals surface area contributed by atoms with Crippen molar-refractivity contribution in [2.24, 2.45) is 5.92 Å². The van der Waals surface area contributed by atoms with Crippen LogP contribution in [-0.4, -0.2) is 47.0 Å². The smallest absolute Gasteiger partial charge is 0.222 e. The first-order chi connectivity index (χ1) is 16.4. The van der Waals surface area contributed by atoms with Gasteiger partial charge in [0.25, 0.3) is 0 Å². The second-order valence-electron chi connectivity index (χ2n) is 9.28. The number of hydrogen-bond donors (Lipinski definition) is 0. The molecule has 2 aromatic carbocycles. The van der Waals surface area contributed by atoms with Gasteiger partial charge in [-0.1, -0.05) is 63.2 Å². The largest absolute Gasteiger partial charge is 0.353 e. The van der Waals surface area contributed by atoms with Crippen LogP contribution in [0.2, 0.25) is 0 Å². The van der Waals surface area contributed by atoms with Crippen LogP contribution in [0.15, 0.2) is 54.6 Å². The second-order valence-corrected chi connectivity index (χ2v) is 9.28. The number of benzene rings is 2. The summed E-state index contributed by atoms with van der Waals surface area (Å²) in [4.78, 5) is 26.8. The molecule has 1 saturated heterocycles. The van der Waals surface area contributed by atoms with E-state index in [9.17, 15) is 9.18 Å². The van der Waals surface area contributed by atoms with E-state index in [1.165, 1.54) is 12.1 Å². The molecule has 0 unspecified atom stereocenters. The fourth-order valence-electron chi connectivity index (χ4n) is 4.42. The summed E-state index contributed by atoms with van der Waals surface area (Å²) in [6.07, 6.45) is 2.00. The molecule has 0 N–H and O–H groups in total. The number of hydrogen-bond acceptors (Lipinski definition) is 4. The molecule has 0 spiro atoms. The third kappa shape index (κ3) is 5.61. The minimum absolute atomic E-state index is 0.225. The molecular formula is C28H33FN4O. The highest BCUT2D eigenvalue weighted by Crippen LogP contribution is 2.29. The number of carbonyl (C=O) groups is 1. The number of anilines is 1. The molecule has 1 aromatic heterocycles.